The van der Waals surface area contributed by atoms with Gasteiger partial charge in [-0.1, -0.05) is 0 Å². The Balaban J connectivity index is 0.00000169. The van der Waals surface area contributed by atoms with Gasteiger partial charge in [0, 0.05) is 18.8 Å². The topological polar surface area (TPSA) is 17.8 Å². The summed E-state index contributed by atoms with van der Waals surface area (Å²) in [5, 5.41) is -0.0943. The lowest BCUT2D eigenvalue weighted by Gasteiger charge is -2.05. The molecule has 0 unspecified atom stereocenters. The van der Waals surface area contributed by atoms with Gasteiger partial charge in [-0.15, -0.1) is 24.0 Å². The third kappa shape index (κ3) is 3.59. The highest BCUT2D eigenvalue weighted by molar-refractivity contribution is 8.00. The Labute approximate surface area is 94.2 Å². The van der Waals surface area contributed by atoms with Gasteiger partial charge in [-0.2, -0.15) is 13.2 Å². The summed E-state index contributed by atoms with van der Waals surface area (Å²) in [6.45, 7) is 0. The Bertz CT molecular complexity index is 300. The highest BCUT2D eigenvalue weighted by Crippen LogP contribution is 2.35. The van der Waals surface area contributed by atoms with Gasteiger partial charge < -0.3 is 4.57 Å². The number of thioether (sulfide) groups is 1. The van der Waals surface area contributed by atoms with Crippen LogP contribution in [0, 0.1) is 0 Å². The van der Waals surface area contributed by atoms with Crippen molar-refractivity contribution in [3.8, 4) is 0 Å². The maximum Gasteiger partial charge on any atom is 0.449 e. The molecule has 1 aromatic heterocycles. The lowest BCUT2D eigenvalue weighted by molar-refractivity contribution is -0.0331. The Hall–Kier alpha value is -0.0700. The molecule has 82 valence electrons. The molecule has 0 radical (unpaired) electrons. The number of imidazole rings is 1. The number of hydrogen-bond acceptors (Lipinski definition) is 2. The number of nitrogens with zero attached hydrogens (tertiary/aromatic N) is 2. The Kier molecular flexibility index (Phi) is 5.11. The summed E-state index contributed by atoms with van der Waals surface area (Å²) in [7, 11) is 1.50. The lowest BCUT2D eigenvalue weighted by Crippen LogP contribution is -2.04. The molecule has 1 aromatic rings. The summed E-state index contributed by atoms with van der Waals surface area (Å²) >= 11 is 5.22. The highest BCUT2D eigenvalue weighted by atomic mass is 35.5. The summed E-state index contributed by atoms with van der Waals surface area (Å²) in [6, 6.07) is 0. The van der Waals surface area contributed by atoms with E-state index in [-0.39, 0.29) is 35.2 Å². The lowest BCUT2D eigenvalue weighted by atomic mass is 10.5. The zero-order chi connectivity index (χ0) is 10.1. The monoisotopic (exact) mass is 266 g/mol. The number of hydrogen-bond donors (Lipinski definition) is 0. The fourth-order valence-corrected chi connectivity index (χ4v) is 1.56. The van der Waals surface area contributed by atoms with E-state index in [9.17, 15) is 13.2 Å². The second-order valence-corrected chi connectivity index (χ2v) is 3.57. The molecular weight excluding hydrogens is 260 g/mol. The number of halogens is 5. The van der Waals surface area contributed by atoms with Crippen molar-refractivity contribution < 1.29 is 13.2 Å². The maximum absolute atomic E-state index is 11.9. The molecule has 14 heavy (non-hydrogen) atoms. The largest absolute Gasteiger partial charge is 0.449 e. The first-order chi connectivity index (χ1) is 5.94. The van der Waals surface area contributed by atoms with Gasteiger partial charge in [-0.3, -0.25) is 0 Å². The molecule has 0 aliphatic rings. The van der Waals surface area contributed by atoms with Crippen LogP contribution in [0.5, 0.6) is 0 Å². The number of aromatic nitrogens is 2. The molecule has 1 rings (SSSR count). The van der Waals surface area contributed by atoms with Crippen molar-refractivity contribution >= 4 is 35.8 Å². The molecule has 0 spiro atoms. The van der Waals surface area contributed by atoms with Gasteiger partial charge >= 0.3 is 5.51 Å². The first-order valence-corrected chi connectivity index (χ1v) is 4.61. The normalized spacial score (nSPS) is 11.2. The average Bonchev–Trinajstić information content (AvgIpc) is 2.30. The zero-order valence-corrected chi connectivity index (χ0v) is 9.40. The SMILES string of the molecule is Cl.Cn1c(CCl)cnc1SC(F)(F)F. The van der Waals surface area contributed by atoms with E-state index in [1.807, 2.05) is 0 Å². The van der Waals surface area contributed by atoms with Crippen molar-refractivity contribution in [3.63, 3.8) is 0 Å². The molecule has 0 aliphatic heterocycles. The first kappa shape index (κ1) is 13.9. The van der Waals surface area contributed by atoms with Gasteiger partial charge in [0.25, 0.3) is 0 Å². The molecule has 0 fully saturated rings. The van der Waals surface area contributed by atoms with Gasteiger partial charge in [0.15, 0.2) is 5.16 Å². The minimum absolute atomic E-state index is 0. The summed E-state index contributed by atoms with van der Waals surface area (Å²) in [4.78, 5) is 3.59. The van der Waals surface area contributed by atoms with Gasteiger partial charge in [0.05, 0.1) is 17.8 Å². The minimum Gasteiger partial charge on any atom is -0.325 e. The fraction of sp³-hybridized carbons (Fsp3) is 0.500. The third-order valence-corrected chi connectivity index (χ3v) is 2.45. The zero-order valence-electron chi connectivity index (χ0n) is 7.01. The predicted molar refractivity (Wildman–Crippen MR) is 51.9 cm³/mol. The van der Waals surface area contributed by atoms with E-state index in [4.69, 9.17) is 11.6 Å². The van der Waals surface area contributed by atoms with E-state index in [2.05, 4.69) is 4.98 Å². The fourth-order valence-electron chi connectivity index (χ4n) is 0.748. The van der Waals surface area contributed by atoms with Crippen molar-refractivity contribution in [3.05, 3.63) is 11.9 Å². The molecule has 8 heteroatoms. The van der Waals surface area contributed by atoms with Crippen LogP contribution >= 0.6 is 35.8 Å². The van der Waals surface area contributed by atoms with Crippen LogP contribution in [0.15, 0.2) is 11.4 Å². The van der Waals surface area contributed by atoms with E-state index >= 15 is 0 Å². The molecule has 0 aliphatic carbocycles. The molecule has 0 atom stereocenters. The third-order valence-electron chi connectivity index (χ3n) is 1.39. The van der Waals surface area contributed by atoms with E-state index in [1.54, 1.807) is 0 Å². The van der Waals surface area contributed by atoms with Gasteiger partial charge in [0.1, 0.15) is 0 Å². The molecule has 0 N–H and O–H groups in total. The van der Waals surface area contributed by atoms with Crippen LogP contribution in [0.25, 0.3) is 0 Å². The van der Waals surface area contributed by atoms with Gasteiger partial charge in [0.2, 0.25) is 0 Å². The van der Waals surface area contributed by atoms with Gasteiger partial charge in [-0.25, -0.2) is 4.98 Å². The van der Waals surface area contributed by atoms with Crippen LogP contribution in [0.1, 0.15) is 5.69 Å². The van der Waals surface area contributed by atoms with Crippen LogP contribution in [-0.4, -0.2) is 15.1 Å². The smallest absolute Gasteiger partial charge is 0.325 e. The van der Waals surface area contributed by atoms with Crippen LogP contribution in [0.2, 0.25) is 0 Å². The standard InChI is InChI=1S/C6H6ClF3N2S.ClH/c1-12-4(2-7)3-11-5(12)13-6(8,9)10;/h3H,2H2,1H3;1H. The Morgan fingerprint density at radius 3 is 2.50 bits per heavy atom. The van der Waals surface area contributed by atoms with Crippen molar-refractivity contribution in [2.24, 2.45) is 7.05 Å². The molecule has 0 aromatic carbocycles. The molecule has 0 saturated heterocycles. The molecule has 0 bridgehead atoms. The predicted octanol–water partition coefficient (Wildman–Crippen LogP) is 3.19. The summed E-state index contributed by atoms with van der Waals surface area (Å²) in [6.07, 6.45) is 1.33. The van der Waals surface area contributed by atoms with Crippen molar-refractivity contribution in [2.75, 3.05) is 0 Å². The second-order valence-electron chi connectivity index (χ2n) is 2.27. The summed E-state index contributed by atoms with van der Waals surface area (Å²) < 4.78 is 37.1. The van der Waals surface area contributed by atoms with Crippen LogP contribution in [0.3, 0.4) is 0 Å². The van der Waals surface area contributed by atoms with Gasteiger partial charge in [-0.05, 0) is 0 Å². The van der Waals surface area contributed by atoms with Crippen molar-refractivity contribution in [1.29, 1.82) is 0 Å². The van der Waals surface area contributed by atoms with E-state index < -0.39 is 5.51 Å². The van der Waals surface area contributed by atoms with Crippen LogP contribution in [-0.2, 0) is 12.9 Å². The second kappa shape index (κ2) is 5.14. The number of alkyl halides is 4. The maximum atomic E-state index is 11.9. The molecule has 2 nitrogen and oxygen atoms in total. The quantitative estimate of drug-likeness (QED) is 0.605. The Morgan fingerprint density at radius 2 is 2.14 bits per heavy atom. The summed E-state index contributed by atoms with van der Waals surface area (Å²) in [5.41, 5.74) is -3.74. The average molecular weight is 267 g/mol. The molecule has 1 heterocycles. The van der Waals surface area contributed by atoms with E-state index in [1.165, 1.54) is 17.8 Å². The highest BCUT2D eigenvalue weighted by Gasteiger charge is 2.31. The summed E-state index contributed by atoms with van der Waals surface area (Å²) in [5.74, 6) is 0.155. The first-order valence-electron chi connectivity index (χ1n) is 3.26. The molecule has 0 saturated carbocycles. The van der Waals surface area contributed by atoms with E-state index in [0.29, 0.717) is 5.69 Å². The van der Waals surface area contributed by atoms with Crippen LogP contribution in [0.4, 0.5) is 13.2 Å². The van der Waals surface area contributed by atoms with Crippen molar-refractivity contribution in [2.45, 2.75) is 16.5 Å². The number of rotatable bonds is 2. The Morgan fingerprint density at radius 1 is 1.57 bits per heavy atom. The minimum atomic E-state index is -4.30. The molecular formula is C6H7Cl2F3N2S. The van der Waals surface area contributed by atoms with E-state index in [0.717, 1.165) is 0 Å². The molecule has 0 amide bonds. The van der Waals surface area contributed by atoms with Crippen LogP contribution < -0.4 is 0 Å². The van der Waals surface area contributed by atoms with Crippen molar-refractivity contribution in [1.82, 2.24) is 9.55 Å².